The predicted octanol–water partition coefficient (Wildman–Crippen LogP) is 8.68. The van der Waals surface area contributed by atoms with E-state index < -0.39 is 52.5 Å². The predicted molar refractivity (Wildman–Crippen MR) is 211 cm³/mol. The Morgan fingerprint density at radius 2 is 1.22 bits per heavy atom. The van der Waals surface area contributed by atoms with Crippen molar-refractivity contribution in [3.05, 3.63) is 0 Å². The van der Waals surface area contributed by atoms with E-state index >= 15 is 0 Å². The first kappa shape index (κ1) is 45.2. The molecule has 10 heteroatoms. The van der Waals surface area contributed by atoms with Crippen LogP contribution in [0.4, 0.5) is 0 Å². The number of Topliss-reactive ketones (excluding diaryl/α,β-unsaturated/α-hetero) is 1. The number of hydrogen-bond acceptors (Lipinski definition) is 10. The van der Waals surface area contributed by atoms with Crippen molar-refractivity contribution in [2.24, 2.45) is 58.0 Å². The van der Waals surface area contributed by atoms with Crippen molar-refractivity contribution in [3.8, 4) is 0 Å². The molecule has 0 bridgehead atoms. The molecule has 11 atom stereocenters. The van der Waals surface area contributed by atoms with Crippen LogP contribution in [0.1, 0.15) is 173 Å². The lowest BCUT2D eigenvalue weighted by Gasteiger charge is -2.61. The highest BCUT2D eigenvalue weighted by Crippen LogP contribution is 2.68. The minimum Gasteiger partial charge on any atom is -0.462 e. The summed E-state index contributed by atoms with van der Waals surface area (Å²) >= 11 is 0. The van der Waals surface area contributed by atoms with Crippen molar-refractivity contribution in [1.82, 2.24) is 0 Å². The summed E-state index contributed by atoms with van der Waals surface area (Å²) in [4.78, 5) is 64.9. The highest BCUT2D eigenvalue weighted by atomic mass is 16.6. The molecule has 0 amide bonds. The molecule has 2 N–H and O–H groups in total. The molecule has 55 heavy (non-hydrogen) atoms. The molecule has 0 aromatic carbocycles. The number of carbonyl (C=O) groups is 5. The monoisotopic (exact) mass is 774 g/mol. The third-order valence-corrected chi connectivity index (χ3v) is 13.7. The van der Waals surface area contributed by atoms with E-state index in [0.29, 0.717) is 47.3 Å². The Balaban J connectivity index is 1.38. The zero-order chi connectivity index (χ0) is 41.3. The van der Waals surface area contributed by atoms with Crippen LogP contribution in [0.5, 0.6) is 0 Å². The normalized spacial score (nSPS) is 32.5. The summed E-state index contributed by atoms with van der Waals surface area (Å²) in [7, 11) is 0. The van der Waals surface area contributed by atoms with Gasteiger partial charge in [-0.2, -0.15) is 0 Å². The summed E-state index contributed by atoms with van der Waals surface area (Å²) < 4.78 is 22.6. The fraction of sp³-hybridized carbons (Fsp3) is 0.889. The number of rotatable bonds is 13. The average molecular weight is 774 g/mol. The number of esters is 4. The van der Waals surface area contributed by atoms with Gasteiger partial charge in [-0.05, 0) is 173 Å². The van der Waals surface area contributed by atoms with Gasteiger partial charge in [0.25, 0.3) is 0 Å². The van der Waals surface area contributed by atoms with Gasteiger partial charge in [0.1, 0.15) is 22.9 Å². The second kappa shape index (κ2) is 17.2. The van der Waals surface area contributed by atoms with Gasteiger partial charge in [0.05, 0.1) is 24.8 Å². The lowest BCUT2D eigenvalue weighted by Crippen LogP contribution is -2.54. The molecule has 4 saturated carbocycles. The molecular weight excluding hydrogens is 698 g/mol. The van der Waals surface area contributed by atoms with Crippen LogP contribution < -0.4 is 5.73 Å². The van der Waals surface area contributed by atoms with Crippen molar-refractivity contribution >= 4 is 29.7 Å². The average Bonchev–Trinajstić information content (AvgIpc) is 3.38. The minimum absolute atomic E-state index is 0.0955. The Bertz CT molecular complexity index is 1400. The quantitative estimate of drug-likeness (QED) is 0.142. The fourth-order valence-corrected chi connectivity index (χ4v) is 11.4. The van der Waals surface area contributed by atoms with Crippen molar-refractivity contribution < 1.29 is 42.9 Å². The van der Waals surface area contributed by atoms with Crippen molar-refractivity contribution in [3.63, 3.8) is 0 Å². The van der Waals surface area contributed by atoms with Crippen LogP contribution in [0.25, 0.3) is 0 Å². The van der Waals surface area contributed by atoms with Crippen LogP contribution in [0.2, 0.25) is 0 Å². The van der Waals surface area contributed by atoms with Gasteiger partial charge < -0.3 is 24.7 Å². The Morgan fingerprint density at radius 3 is 1.82 bits per heavy atom. The smallest absolute Gasteiger partial charge is 0.310 e. The fourth-order valence-electron chi connectivity index (χ4n) is 11.4. The van der Waals surface area contributed by atoms with Gasteiger partial charge in [-0.25, -0.2) is 0 Å². The number of ether oxygens (including phenoxy) is 4. The Labute approximate surface area is 331 Å². The lowest BCUT2D eigenvalue weighted by molar-refractivity contribution is -0.171. The zero-order valence-corrected chi connectivity index (χ0v) is 36.3. The maximum Gasteiger partial charge on any atom is 0.310 e. The van der Waals surface area contributed by atoms with E-state index in [9.17, 15) is 24.0 Å². The lowest BCUT2D eigenvalue weighted by atomic mass is 9.44. The summed E-state index contributed by atoms with van der Waals surface area (Å²) in [5.74, 6) is 0.129. The van der Waals surface area contributed by atoms with Crippen LogP contribution in [0, 0.1) is 52.3 Å². The number of fused-ring (bicyclic) bond motifs is 5. The number of ketones is 1. The highest BCUT2D eigenvalue weighted by Gasteiger charge is 2.61. The Morgan fingerprint density at radius 1 is 0.673 bits per heavy atom. The molecule has 0 saturated heterocycles. The van der Waals surface area contributed by atoms with Crippen LogP contribution in [-0.4, -0.2) is 58.6 Å². The van der Waals surface area contributed by atoms with Crippen LogP contribution in [-0.2, 0) is 42.9 Å². The molecule has 2 unspecified atom stereocenters. The van der Waals surface area contributed by atoms with E-state index in [1.54, 1.807) is 41.5 Å². The van der Waals surface area contributed by atoms with E-state index in [4.69, 9.17) is 24.7 Å². The third-order valence-electron chi connectivity index (χ3n) is 13.7. The summed E-state index contributed by atoms with van der Waals surface area (Å²) in [5, 5.41) is 0. The number of nitrogens with two attached hydrogens (primary N) is 1. The van der Waals surface area contributed by atoms with E-state index in [0.717, 1.165) is 32.1 Å². The largest absolute Gasteiger partial charge is 0.462 e. The Hall–Kier alpha value is -2.49. The van der Waals surface area contributed by atoms with Gasteiger partial charge in [0, 0.05) is 12.8 Å². The molecule has 4 fully saturated rings. The van der Waals surface area contributed by atoms with Crippen LogP contribution >= 0.6 is 0 Å². The molecule has 314 valence electrons. The maximum atomic E-state index is 13.8. The number of carbonyl (C=O) groups excluding carboxylic acids is 5. The summed E-state index contributed by atoms with van der Waals surface area (Å²) in [6, 6.07) is -1.16. The first-order chi connectivity index (χ1) is 25.2. The molecule has 0 spiro atoms. The van der Waals surface area contributed by atoms with Gasteiger partial charge in [0.15, 0.2) is 5.78 Å². The number of hydrogen-bond donors (Lipinski definition) is 1. The molecule has 0 aromatic heterocycles. The van der Waals surface area contributed by atoms with Crippen LogP contribution in [0.15, 0.2) is 0 Å². The minimum atomic E-state index is -1.16. The maximum absolute atomic E-state index is 13.8. The molecule has 0 aliphatic heterocycles. The molecule has 4 rings (SSSR count). The Kier molecular flexibility index (Phi) is 14.1. The van der Waals surface area contributed by atoms with E-state index in [-0.39, 0.29) is 36.8 Å². The molecule has 4 aliphatic rings. The second-order valence-electron chi connectivity index (χ2n) is 21.4. The van der Waals surface area contributed by atoms with Crippen molar-refractivity contribution in [2.45, 2.75) is 202 Å². The first-order valence-corrected chi connectivity index (χ1v) is 21.3. The van der Waals surface area contributed by atoms with E-state index in [1.807, 2.05) is 20.8 Å². The van der Waals surface area contributed by atoms with Gasteiger partial charge in [0.2, 0.25) is 0 Å². The van der Waals surface area contributed by atoms with Crippen molar-refractivity contribution in [1.29, 1.82) is 0 Å². The zero-order valence-electron chi connectivity index (χ0n) is 36.3. The van der Waals surface area contributed by atoms with E-state index in [1.165, 1.54) is 32.1 Å². The van der Waals surface area contributed by atoms with Gasteiger partial charge >= 0.3 is 23.9 Å². The summed E-state index contributed by atoms with van der Waals surface area (Å²) in [6.07, 6.45) is 9.87. The van der Waals surface area contributed by atoms with Gasteiger partial charge in [-0.15, -0.1) is 0 Å². The summed E-state index contributed by atoms with van der Waals surface area (Å²) in [6.45, 7) is 23.6. The standard InChI is InChI=1S/C45H75NO9/c1-27(13-18-37(48)53-41(2,3)4)32-16-17-33-31-15-14-29-25-30(19-21-44(29,11)34(31)20-22-45(32,33)12)52-40(51)28(24-38(49)54-42(5,6)7)23-36(47)35(46)26-39(50)55-43(8,9)10/h27-35H,13-26,46H2,1-12H3/t27-,28+,29-,30+,31+,32?,33+,34+,35?,44+,45-/m1/s1. The van der Waals surface area contributed by atoms with Gasteiger partial charge in [-0.1, -0.05) is 20.8 Å². The third kappa shape index (κ3) is 11.8. The highest BCUT2D eigenvalue weighted by molar-refractivity contribution is 5.92. The molecule has 0 aromatic rings. The molecule has 10 nitrogen and oxygen atoms in total. The van der Waals surface area contributed by atoms with Crippen molar-refractivity contribution in [2.75, 3.05) is 0 Å². The SMILES string of the molecule is C[C@H](CCC(=O)OC(C)(C)C)C1CC[C@H]2[C@@H]3CC[C@@H]4C[C@@H](OC(=O)[C@H](CC(=O)OC(C)(C)C)CC(=O)C(N)CC(=O)OC(C)(C)C)CC[C@]4(C)[C@H]3CC[C@]12C. The summed E-state index contributed by atoms with van der Waals surface area (Å²) in [5.41, 5.74) is 4.64. The molecule has 0 heterocycles. The van der Waals surface area contributed by atoms with Gasteiger partial charge in [-0.3, -0.25) is 24.0 Å². The van der Waals surface area contributed by atoms with E-state index in [2.05, 4.69) is 20.8 Å². The van der Waals surface area contributed by atoms with Crippen LogP contribution in [0.3, 0.4) is 0 Å². The molecular formula is C45H75NO9. The molecule has 0 radical (unpaired) electrons. The molecule has 4 aliphatic carbocycles. The second-order valence-corrected chi connectivity index (χ2v) is 21.4. The first-order valence-electron chi connectivity index (χ1n) is 21.3. The topological polar surface area (TPSA) is 148 Å².